The summed E-state index contributed by atoms with van der Waals surface area (Å²) in [7, 11) is 0. The number of thioether (sulfide) groups is 1. The van der Waals surface area contributed by atoms with E-state index in [1.807, 2.05) is 18.2 Å². The molecule has 1 heterocycles. The molecule has 20 heavy (non-hydrogen) atoms. The second-order valence-electron chi connectivity index (χ2n) is 4.37. The summed E-state index contributed by atoms with van der Waals surface area (Å²) in [5.41, 5.74) is 2.57. The lowest BCUT2D eigenvalue weighted by Crippen LogP contribution is -2.11. The Morgan fingerprint density at radius 3 is 2.65 bits per heavy atom. The summed E-state index contributed by atoms with van der Waals surface area (Å²) >= 11 is 1.63. The van der Waals surface area contributed by atoms with Gasteiger partial charge in [-0.1, -0.05) is 43.0 Å². The van der Waals surface area contributed by atoms with Gasteiger partial charge in [0.15, 0.2) is 5.82 Å². The molecule has 1 aromatic carbocycles. The first kappa shape index (κ1) is 14.5. The molecule has 0 fully saturated rings. The molecule has 4 nitrogen and oxygen atoms in total. The zero-order valence-corrected chi connectivity index (χ0v) is 12.4. The van der Waals surface area contributed by atoms with Crippen molar-refractivity contribution in [1.29, 1.82) is 0 Å². The minimum absolute atomic E-state index is 0.0559. The number of hydrogen-bond donors (Lipinski definition) is 1. The number of nitrogens with one attached hydrogen (secondary N) is 1. The fourth-order valence-corrected chi connectivity index (χ4v) is 2.51. The molecule has 0 aliphatic rings. The van der Waals surface area contributed by atoms with Gasteiger partial charge in [-0.25, -0.2) is 0 Å². The average molecular weight is 287 g/mol. The molecule has 1 amide bonds. The molecule has 0 aliphatic carbocycles. The molecular weight excluding hydrogens is 270 g/mol. The Balaban J connectivity index is 1.94. The summed E-state index contributed by atoms with van der Waals surface area (Å²) in [5, 5.41) is 11.6. The van der Waals surface area contributed by atoms with Crippen LogP contribution in [0.1, 0.15) is 24.5 Å². The number of nitrogens with zero attached hydrogens (tertiary/aromatic N) is 2. The van der Waals surface area contributed by atoms with Crippen LogP contribution in [-0.4, -0.2) is 16.1 Å². The zero-order chi connectivity index (χ0) is 14.4. The monoisotopic (exact) mass is 287 g/mol. The van der Waals surface area contributed by atoms with Crippen molar-refractivity contribution >= 4 is 23.5 Å². The van der Waals surface area contributed by atoms with Crippen molar-refractivity contribution in [3.05, 3.63) is 47.5 Å². The predicted molar refractivity (Wildman–Crippen MR) is 81.7 cm³/mol. The van der Waals surface area contributed by atoms with Crippen LogP contribution in [0.3, 0.4) is 0 Å². The first-order valence-electron chi connectivity index (χ1n) is 6.50. The smallest absolute Gasteiger partial charge is 0.225 e. The van der Waals surface area contributed by atoms with Gasteiger partial charge in [0.25, 0.3) is 0 Å². The third-order valence-corrected chi connectivity index (χ3v) is 3.83. The van der Waals surface area contributed by atoms with Gasteiger partial charge < -0.3 is 5.32 Å². The highest BCUT2D eigenvalue weighted by Gasteiger charge is 2.03. The first-order chi connectivity index (χ1) is 9.69. The average Bonchev–Trinajstić information content (AvgIpc) is 2.48. The molecule has 0 bridgehead atoms. The number of amides is 1. The molecule has 2 rings (SSSR count). The van der Waals surface area contributed by atoms with Gasteiger partial charge in [0, 0.05) is 12.2 Å². The van der Waals surface area contributed by atoms with Crippen LogP contribution in [0.25, 0.3) is 0 Å². The number of carbonyl (C=O) groups is 1. The molecule has 1 aromatic heterocycles. The normalized spacial score (nSPS) is 10.3. The summed E-state index contributed by atoms with van der Waals surface area (Å²) in [5.74, 6) is 1.30. The Morgan fingerprint density at radius 1 is 1.20 bits per heavy atom. The molecule has 0 unspecified atom stereocenters. The Bertz CT molecular complexity index is 584. The van der Waals surface area contributed by atoms with E-state index in [4.69, 9.17) is 0 Å². The summed E-state index contributed by atoms with van der Waals surface area (Å²) < 4.78 is 0. The SMILES string of the molecule is CCC(=O)Nc1ccc(SCc2ccccc2C)nn1. The highest BCUT2D eigenvalue weighted by Crippen LogP contribution is 2.22. The molecule has 0 atom stereocenters. The zero-order valence-electron chi connectivity index (χ0n) is 11.6. The van der Waals surface area contributed by atoms with Crippen molar-refractivity contribution in [2.24, 2.45) is 0 Å². The van der Waals surface area contributed by atoms with Crippen LogP contribution in [0.5, 0.6) is 0 Å². The van der Waals surface area contributed by atoms with Crippen molar-refractivity contribution in [3.8, 4) is 0 Å². The lowest BCUT2D eigenvalue weighted by molar-refractivity contribution is -0.115. The van der Waals surface area contributed by atoms with E-state index in [9.17, 15) is 4.79 Å². The molecule has 5 heteroatoms. The van der Waals surface area contributed by atoms with E-state index >= 15 is 0 Å². The molecular formula is C15H17N3OS. The molecule has 2 aromatic rings. The van der Waals surface area contributed by atoms with Gasteiger partial charge in [-0.15, -0.1) is 10.2 Å². The number of aromatic nitrogens is 2. The van der Waals surface area contributed by atoms with Crippen LogP contribution >= 0.6 is 11.8 Å². The van der Waals surface area contributed by atoms with E-state index in [-0.39, 0.29) is 5.91 Å². The lowest BCUT2D eigenvalue weighted by atomic mass is 10.1. The van der Waals surface area contributed by atoms with E-state index < -0.39 is 0 Å². The second-order valence-corrected chi connectivity index (χ2v) is 5.37. The molecule has 0 saturated carbocycles. The number of rotatable bonds is 5. The molecule has 0 radical (unpaired) electrons. The maximum atomic E-state index is 11.2. The number of hydrogen-bond acceptors (Lipinski definition) is 4. The van der Waals surface area contributed by atoms with Crippen molar-refractivity contribution in [2.75, 3.05) is 5.32 Å². The van der Waals surface area contributed by atoms with Crippen LogP contribution in [0.2, 0.25) is 0 Å². The maximum Gasteiger partial charge on any atom is 0.225 e. The van der Waals surface area contributed by atoms with Crippen molar-refractivity contribution < 1.29 is 4.79 Å². The Hall–Kier alpha value is -1.88. The summed E-state index contributed by atoms with van der Waals surface area (Å²) in [6.07, 6.45) is 0.436. The van der Waals surface area contributed by atoms with Crippen LogP contribution < -0.4 is 5.32 Å². The Labute approximate surface area is 123 Å². The molecule has 0 aliphatic heterocycles. The number of aryl methyl sites for hydroxylation is 1. The van der Waals surface area contributed by atoms with Crippen molar-refractivity contribution in [2.45, 2.75) is 31.0 Å². The van der Waals surface area contributed by atoms with E-state index in [2.05, 4.69) is 34.6 Å². The predicted octanol–water partition coefficient (Wildman–Crippen LogP) is 3.43. The van der Waals surface area contributed by atoms with E-state index in [0.717, 1.165) is 10.8 Å². The quantitative estimate of drug-likeness (QED) is 0.856. The fourth-order valence-electron chi connectivity index (χ4n) is 1.62. The Kier molecular flexibility index (Phi) is 5.12. The van der Waals surface area contributed by atoms with Gasteiger partial charge in [-0.3, -0.25) is 4.79 Å². The molecule has 0 spiro atoms. The first-order valence-corrected chi connectivity index (χ1v) is 7.48. The topological polar surface area (TPSA) is 54.9 Å². The number of benzene rings is 1. The second kappa shape index (κ2) is 7.05. The van der Waals surface area contributed by atoms with Crippen LogP contribution in [0.4, 0.5) is 5.82 Å². The number of anilines is 1. The van der Waals surface area contributed by atoms with Gasteiger partial charge in [0.05, 0.1) is 0 Å². The third kappa shape index (κ3) is 4.06. The van der Waals surface area contributed by atoms with Crippen LogP contribution in [-0.2, 0) is 10.5 Å². The van der Waals surface area contributed by atoms with E-state index in [0.29, 0.717) is 12.2 Å². The van der Waals surface area contributed by atoms with Crippen LogP contribution in [0.15, 0.2) is 41.4 Å². The minimum Gasteiger partial charge on any atom is -0.309 e. The minimum atomic E-state index is -0.0559. The van der Waals surface area contributed by atoms with E-state index in [1.54, 1.807) is 24.8 Å². The van der Waals surface area contributed by atoms with E-state index in [1.165, 1.54) is 11.1 Å². The largest absolute Gasteiger partial charge is 0.309 e. The van der Waals surface area contributed by atoms with Gasteiger partial charge in [-0.2, -0.15) is 0 Å². The molecule has 104 valence electrons. The number of carbonyl (C=O) groups excluding carboxylic acids is 1. The summed E-state index contributed by atoms with van der Waals surface area (Å²) in [6, 6.07) is 11.9. The van der Waals surface area contributed by atoms with Crippen molar-refractivity contribution in [1.82, 2.24) is 10.2 Å². The lowest BCUT2D eigenvalue weighted by Gasteiger charge is -2.05. The van der Waals surface area contributed by atoms with Crippen molar-refractivity contribution in [3.63, 3.8) is 0 Å². The highest BCUT2D eigenvalue weighted by molar-refractivity contribution is 7.98. The maximum absolute atomic E-state index is 11.2. The Morgan fingerprint density at radius 2 is 2.00 bits per heavy atom. The third-order valence-electron chi connectivity index (χ3n) is 2.87. The summed E-state index contributed by atoms with van der Waals surface area (Å²) in [4.78, 5) is 11.2. The van der Waals surface area contributed by atoms with Gasteiger partial charge in [-0.05, 0) is 30.2 Å². The standard InChI is InChI=1S/C15H17N3OS/c1-3-14(19)16-13-8-9-15(18-17-13)20-10-12-7-5-4-6-11(12)2/h4-9H,3,10H2,1-2H3,(H,16,17,19). The molecule has 0 saturated heterocycles. The van der Waals surface area contributed by atoms with Gasteiger partial charge in [0.1, 0.15) is 5.03 Å². The highest BCUT2D eigenvalue weighted by atomic mass is 32.2. The van der Waals surface area contributed by atoms with Gasteiger partial charge in [0.2, 0.25) is 5.91 Å². The summed E-state index contributed by atoms with van der Waals surface area (Å²) in [6.45, 7) is 3.90. The van der Waals surface area contributed by atoms with Gasteiger partial charge >= 0.3 is 0 Å². The molecule has 1 N–H and O–H groups in total. The van der Waals surface area contributed by atoms with Crippen LogP contribution in [0, 0.1) is 6.92 Å². The fraction of sp³-hybridized carbons (Fsp3) is 0.267.